The normalized spacial score (nSPS) is 12.5. The molecule has 0 bridgehead atoms. The molecule has 7 nitrogen and oxygen atoms in total. The lowest BCUT2D eigenvalue weighted by Gasteiger charge is -2.15. The summed E-state index contributed by atoms with van der Waals surface area (Å²) in [6.07, 6.45) is 2.52. The van der Waals surface area contributed by atoms with Crippen LogP contribution in [-0.2, 0) is 13.6 Å². The topological polar surface area (TPSA) is 87.9 Å². The van der Waals surface area contributed by atoms with E-state index in [2.05, 4.69) is 44.6 Å². The first-order valence-corrected chi connectivity index (χ1v) is 8.78. The Morgan fingerprint density at radius 2 is 2.17 bits per heavy atom. The summed E-state index contributed by atoms with van der Waals surface area (Å²) in [5, 5.41) is 15.9. The summed E-state index contributed by atoms with van der Waals surface area (Å²) in [4.78, 5) is 16.0. The van der Waals surface area contributed by atoms with Crippen LogP contribution in [0.2, 0.25) is 0 Å². The van der Waals surface area contributed by atoms with Gasteiger partial charge < -0.3 is 20.3 Å². The zero-order valence-electron chi connectivity index (χ0n) is 14.1. The molecule has 3 heterocycles. The number of nitrogens with zero attached hydrogens (tertiary/aromatic N) is 4. The number of nitrogens with one attached hydrogen (secondary N) is 2. The van der Waals surface area contributed by atoms with Crippen molar-refractivity contribution in [3.8, 4) is 0 Å². The van der Waals surface area contributed by atoms with E-state index >= 15 is 0 Å². The van der Waals surface area contributed by atoms with Crippen molar-refractivity contribution < 1.29 is 5.11 Å². The zero-order chi connectivity index (χ0) is 17.1. The van der Waals surface area contributed by atoms with Crippen LogP contribution >= 0.6 is 11.3 Å². The van der Waals surface area contributed by atoms with Crippen LogP contribution in [0.15, 0.2) is 18.5 Å². The predicted octanol–water partition coefficient (Wildman–Crippen LogP) is 2.53. The molecule has 0 aliphatic heterocycles. The molecule has 0 aliphatic rings. The van der Waals surface area contributed by atoms with E-state index in [9.17, 15) is 5.11 Å². The molecule has 1 atom stereocenters. The van der Waals surface area contributed by atoms with Gasteiger partial charge in [0.1, 0.15) is 0 Å². The standard InChI is InChI=1S/C16H22N6OS/c1-4-11(8-23)19-16-20-14(13-15(21-16)22(3)9-18-13)17-7-12-6-5-10(2)24-12/h5-6,9,11,23H,4,7-8H2,1-3H3,(H2,17,19,20,21)/t11-/m1/s1. The van der Waals surface area contributed by atoms with Crippen molar-refractivity contribution in [2.24, 2.45) is 7.05 Å². The number of aryl methyl sites for hydroxylation is 2. The highest BCUT2D eigenvalue weighted by atomic mass is 32.1. The van der Waals surface area contributed by atoms with Gasteiger partial charge in [-0.3, -0.25) is 0 Å². The van der Waals surface area contributed by atoms with Crippen molar-refractivity contribution in [3.05, 3.63) is 28.2 Å². The molecule has 8 heteroatoms. The van der Waals surface area contributed by atoms with Gasteiger partial charge in [0, 0.05) is 16.8 Å². The number of fused-ring (bicyclic) bond motifs is 1. The Kier molecular flexibility index (Phi) is 4.96. The molecule has 0 fully saturated rings. The number of aromatic nitrogens is 4. The van der Waals surface area contributed by atoms with Gasteiger partial charge in [0.05, 0.1) is 25.5 Å². The second-order valence-corrected chi connectivity index (χ2v) is 7.09. The van der Waals surface area contributed by atoms with Gasteiger partial charge in [-0.05, 0) is 25.5 Å². The third-order valence-corrected chi connectivity index (χ3v) is 4.83. The number of imidazole rings is 1. The Balaban J connectivity index is 1.89. The number of hydrogen-bond donors (Lipinski definition) is 3. The van der Waals surface area contributed by atoms with E-state index in [0.29, 0.717) is 18.3 Å². The van der Waals surface area contributed by atoms with E-state index in [-0.39, 0.29) is 12.6 Å². The van der Waals surface area contributed by atoms with E-state index in [1.165, 1.54) is 9.75 Å². The van der Waals surface area contributed by atoms with Crippen molar-refractivity contribution in [2.75, 3.05) is 17.2 Å². The maximum absolute atomic E-state index is 9.39. The van der Waals surface area contributed by atoms with Crippen LogP contribution < -0.4 is 10.6 Å². The molecule has 0 aliphatic carbocycles. The number of aliphatic hydroxyl groups excluding tert-OH is 1. The molecule has 3 N–H and O–H groups in total. The van der Waals surface area contributed by atoms with E-state index in [1.54, 1.807) is 17.7 Å². The summed E-state index contributed by atoms with van der Waals surface area (Å²) in [7, 11) is 1.90. The summed E-state index contributed by atoms with van der Waals surface area (Å²) in [5.74, 6) is 1.19. The fourth-order valence-corrected chi connectivity index (χ4v) is 3.24. The van der Waals surface area contributed by atoms with Gasteiger partial charge in [-0.25, -0.2) is 4.98 Å². The molecular formula is C16H22N6OS. The van der Waals surface area contributed by atoms with Crippen LogP contribution in [0.5, 0.6) is 0 Å². The quantitative estimate of drug-likeness (QED) is 0.609. The summed E-state index contributed by atoms with van der Waals surface area (Å²) in [6, 6.07) is 4.16. The van der Waals surface area contributed by atoms with Gasteiger partial charge in [0.15, 0.2) is 17.0 Å². The van der Waals surface area contributed by atoms with Gasteiger partial charge in [-0.15, -0.1) is 11.3 Å². The first-order chi connectivity index (χ1) is 11.6. The molecule has 3 aromatic rings. The molecular weight excluding hydrogens is 324 g/mol. The first-order valence-electron chi connectivity index (χ1n) is 7.96. The molecule has 3 aromatic heterocycles. The second kappa shape index (κ2) is 7.14. The third kappa shape index (κ3) is 3.49. The lowest BCUT2D eigenvalue weighted by Crippen LogP contribution is -2.24. The molecule has 0 amide bonds. The molecule has 24 heavy (non-hydrogen) atoms. The number of anilines is 2. The average Bonchev–Trinajstić information content (AvgIpc) is 3.17. The fraction of sp³-hybridized carbons (Fsp3) is 0.438. The van der Waals surface area contributed by atoms with Crippen LogP contribution in [-0.4, -0.2) is 37.3 Å². The average molecular weight is 346 g/mol. The monoisotopic (exact) mass is 346 g/mol. The van der Waals surface area contributed by atoms with Crippen molar-refractivity contribution in [1.82, 2.24) is 19.5 Å². The largest absolute Gasteiger partial charge is 0.394 e. The Morgan fingerprint density at radius 3 is 2.83 bits per heavy atom. The summed E-state index contributed by atoms with van der Waals surface area (Å²) in [5.41, 5.74) is 1.50. The summed E-state index contributed by atoms with van der Waals surface area (Å²) in [6.45, 7) is 4.84. The van der Waals surface area contributed by atoms with Crippen molar-refractivity contribution in [2.45, 2.75) is 32.9 Å². The molecule has 0 radical (unpaired) electrons. The molecule has 0 saturated carbocycles. The Labute approximate surface area is 144 Å². The summed E-state index contributed by atoms with van der Waals surface area (Å²) < 4.78 is 1.86. The lowest BCUT2D eigenvalue weighted by atomic mass is 10.2. The minimum Gasteiger partial charge on any atom is -0.394 e. The SMILES string of the molecule is CC[C@H](CO)Nc1nc(NCc2ccc(C)s2)c2ncn(C)c2n1. The van der Waals surface area contributed by atoms with Gasteiger partial charge >= 0.3 is 0 Å². The van der Waals surface area contributed by atoms with Crippen LogP contribution in [0.25, 0.3) is 11.2 Å². The fourth-order valence-electron chi connectivity index (χ4n) is 2.40. The lowest BCUT2D eigenvalue weighted by molar-refractivity contribution is 0.271. The Bertz CT molecular complexity index is 823. The molecule has 3 rings (SSSR count). The number of thiophene rings is 1. The molecule has 0 saturated heterocycles. The van der Waals surface area contributed by atoms with Crippen LogP contribution in [0, 0.1) is 6.92 Å². The maximum atomic E-state index is 9.39. The number of hydrogen-bond acceptors (Lipinski definition) is 7. The minimum absolute atomic E-state index is 0.0422. The van der Waals surface area contributed by atoms with Crippen LogP contribution in [0.4, 0.5) is 11.8 Å². The number of rotatable bonds is 7. The molecule has 0 spiro atoms. The third-order valence-electron chi connectivity index (χ3n) is 3.83. The van der Waals surface area contributed by atoms with E-state index in [0.717, 1.165) is 17.6 Å². The predicted molar refractivity (Wildman–Crippen MR) is 97.5 cm³/mol. The van der Waals surface area contributed by atoms with Gasteiger partial charge in [0.25, 0.3) is 0 Å². The number of aliphatic hydroxyl groups is 1. The van der Waals surface area contributed by atoms with E-state index in [1.807, 2.05) is 18.5 Å². The van der Waals surface area contributed by atoms with Gasteiger partial charge in [-0.1, -0.05) is 6.92 Å². The van der Waals surface area contributed by atoms with E-state index in [4.69, 9.17) is 0 Å². The first kappa shape index (κ1) is 16.7. The van der Waals surface area contributed by atoms with Gasteiger partial charge in [-0.2, -0.15) is 9.97 Å². The Morgan fingerprint density at radius 1 is 1.33 bits per heavy atom. The molecule has 128 valence electrons. The minimum atomic E-state index is -0.0662. The molecule has 0 unspecified atom stereocenters. The maximum Gasteiger partial charge on any atom is 0.227 e. The smallest absolute Gasteiger partial charge is 0.227 e. The van der Waals surface area contributed by atoms with Crippen LogP contribution in [0.1, 0.15) is 23.1 Å². The second-order valence-electron chi connectivity index (χ2n) is 5.72. The summed E-state index contributed by atoms with van der Waals surface area (Å²) >= 11 is 1.76. The highest BCUT2D eigenvalue weighted by molar-refractivity contribution is 7.11. The highest BCUT2D eigenvalue weighted by Gasteiger charge is 2.14. The van der Waals surface area contributed by atoms with Crippen molar-refractivity contribution in [3.63, 3.8) is 0 Å². The Hall–Kier alpha value is -2.19. The highest BCUT2D eigenvalue weighted by Crippen LogP contribution is 2.23. The van der Waals surface area contributed by atoms with Crippen molar-refractivity contribution in [1.29, 1.82) is 0 Å². The van der Waals surface area contributed by atoms with Crippen LogP contribution in [0.3, 0.4) is 0 Å². The van der Waals surface area contributed by atoms with E-state index < -0.39 is 0 Å². The van der Waals surface area contributed by atoms with Gasteiger partial charge in [0.2, 0.25) is 5.95 Å². The molecule has 0 aromatic carbocycles. The van der Waals surface area contributed by atoms with Crippen molar-refractivity contribution >= 4 is 34.3 Å². The zero-order valence-corrected chi connectivity index (χ0v) is 14.9.